The van der Waals surface area contributed by atoms with Crippen LogP contribution in [-0.4, -0.2) is 0 Å². The molecule has 0 N–H and O–H groups in total. The van der Waals surface area contributed by atoms with Gasteiger partial charge in [0.15, 0.2) is 0 Å². The SMILES string of the molecule is CC(C)(C)c1cc(-c2cccc3cccc(-c4ccccc4N(c4ccc5c(c4)C(C)(c4ccccc4)c4ccccc4-5)c4cc(C(C)(C)C)ccc4-c4ccccc4)c23)cc(C(C)(C)C)c1. The molecule has 0 fully saturated rings. The van der Waals surface area contributed by atoms with Gasteiger partial charge in [-0.15, -0.1) is 0 Å². The molecule has 1 unspecified atom stereocenters. The lowest BCUT2D eigenvalue weighted by atomic mass is 9.74. The molecular weight excluding hydrogens is 807 g/mol. The van der Waals surface area contributed by atoms with Crippen LogP contribution in [0.2, 0.25) is 0 Å². The molecule has 67 heavy (non-hydrogen) atoms. The summed E-state index contributed by atoms with van der Waals surface area (Å²) in [6, 6.07) is 75.5. The number of anilines is 3. The molecule has 0 radical (unpaired) electrons. The maximum Gasteiger partial charge on any atom is 0.0543 e. The molecule has 0 saturated heterocycles. The quantitative estimate of drug-likeness (QED) is 0.154. The highest BCUT2D eigenvalue weighted by Gasteiger charge is 2.41. The van der Waals surface area contributed by atoms with Gasteiger partial charge in [0, 0.05) is 22.2 Å². The fraction of sp³-hybridized carbons (Fsp3) is 0.212. The van der Waals surface area contributed by atoms with Crippen LogP contribution >= 0.6 is 0 Å². The molecule has 0 heterocycles. The van der Waals surface area contributed by atoms with E-state index in [-0.39, 0.29) is 21.7 Å². The van der Waals surface area contributed by atoms with Gasteiger partial charge in [-0.25, -0.2) is 0 Å². The summed E-state index contributed by atoms with van der Waals surface area (Å²) >= 11 is 0. The molecule has 1 aliphatic carbocycles. The van der Waals surface area contributed by atoms with Crippen LogP contribution in [0.25, 0.3) is 55.3 Å². The molecule has 0 bridgehead atoms. The molecule has 10 rings (SSSR count). The van der Waals surface area contributed by atoms with Gasteiger partial charge < -0.3 is 4.90 Å². The Hall–Kier alpha value is -6.96. The molecule has 0 amide bonds. The van der Waals surface area contributed by atoms with Crippen LogP contribution in [0.5, 0.6) is 0 Å². The summed E-state index contributed by atoms with van der Waals surface area (Å²) in [4.78, 5) is 2.57. The van der Waals surface area contributed by atoms with E-state index in [1.54, 1.807) is 0 Å². The Morgan fingerprint density at radius 3 is 1.54 bits per heavy atom. The Bertz CT molecular complexity index is 3260. The first-order chi connectivity index (χ1) is 32.0. The fourth-order valence-electron chi connectivity index (χ4n) is 10.5. The summed E-state index contributed by atoms with van der Waals surface area (Å²) in [7, 11) is 0. The Morgan fingerprint density at radius 1 is 0.343 bits per heavy atom. The van der Waals surface area contributed by atoms with Gasteiger partial charge in [-0.05, 0) is 125 Å². The Balaban J connectivity index is 1.28. The third-order valence-corrected chi connectivity index (χ3v) is 14.4. The standard InChI is InChI=1S/C66H63N/c1-63(2,3)48-35-37-52(44-23-13-11-14-24-44)61(42-48)67(51-36-38-55-54-29-17-19-33-58(54)66(10,59(55)43-51)47-27-15-12-16-28-47)60-34-20-18-30-56(60)57-32-22-26-45-25-21-31-53(62(45)57)46-39-49(64(4,5)6)41-50(40-46)65(7,8)9/h11-43H,1-10H3. The summed E-state index contributed by atoms with van der Waals surface area (Å²) in [5.41, 5.74) is 20.7. The number of hydrogen-bond donors (Lipinski definition) is 0. The van der Waals surface area contributed by atoms with Crippen LogP contribution in [0.1, 0.15) is 103 Å². The van der Waals surface area contributed by atoms with Gasteiger partial charge >= 0.3 is 0 Å². The lowest BCUT2D eigenvalue weighted by Crippen LogP contribution is -2.23. The predicted molar refractivity (Wildman–Crippen MR) is 288 cm³/mol. The van der Waals surface area contributed by atoms with Crippen LogP contribution in [-0.2, 0) is 21.7 Å². The highest BCUT2D eigenvalue weighted by molar-refractivity contribution is 6.09. The predicted octanol–water partition coefficient (Wildman–Crippen LogP) is 18.5. The maximum absolute atomic E-state index is 2.57. The van der Waals surface area contributed by atoms with Crippen LogP contribution in [0, 0.1) is 0 Å². The number of para-hydroxylation sites is 1. The van der Waals surface area contributed by atoms with E-state index in [4.69, 9.17) is 0 Å². The highest BCUT2D eigenvalue weighted by Crippen LogP contribution is 2.55. The molecule has 9 aromatic carbocycles. The number of nitrogens with zero attached hydrogens (tertiary/aromatic N) is 1. The summed E-state index contributed by atoms with van der Waals surface area (Å²) in [6.45, 7) is 23.4. The van der Waals surface area contributed by atoms with Crippen LogP contribution in [0.15, 0.2) is 200 Å². The van der Waals surface area contributed by atoms with Crippen molar-refractivity contribution < 1.29 is 0 Å². The maximum atomic E-state index is 2.57. The van der Waals surface area contributed by atoms with E-state index in [2.05, 4.69) is 274 Å². The van der Waals surface area contributed by atoms with Gasteiger partial charge in [-0.2, -0.15) is 0 Å². The van der Waals surface area contributed by atoms with E-state index in [0.717, 1.165) is 17.1 Å². The van der Waals surface area contributed by atoms with E-state index in [0.29, 0.717) is 0 Å². The molecule has 332 valence electrons. The van der Waals surface area contributed by atoms with Crippen molar-refractivity contribution >= 4 is 27.8 Å². The lowest BCUT2D eigenvalue weighted by molar-refractivity contribution is 0.569. The number of fused-ring (bicyclic) bond motifs is 4. The zero-order chi connectivity index (χ0) is 46.9. The molecular formula is C66H63N. The van der Waals surface area contributed by atoms with Crippen LogP contribution in [0.3, 0.4) is 0 Å². The zero-order valence-electron chi connectivity index (χ0n) is 41.0. The average molecular weight is 870 g/mol. The smallest absolute Gasteiger partial charge is 0.0543 e. The summed E-state index contributed by atoms with van der Waals surface area (Å²) in [5, 5.41) is 2.49. The van der Waals surface area contributed by atoms with Crippen molar-refractivity contribution in [2.45, 2.75) is 90.9 Å². The van der Waals surface area contributed by atoms with E-state index < -0.39 is 0 Å². The van der Waals surface area contributed by atoms with Crippen molar-refractivity contribution in [2.24, 2.45) is 0 Å². The second-order valence-electron chi connectivity index (χ2n) is 22.0. The first-order valence-corrected chi connectivity index (χ1v) is 24.1. The van der Waals surface area contributed by atoms with Gasteiger partial charge in [-0.3, -0.25) is 0 Å². The van der Waals surface area contributed by atoms with E-state index in [9.17, 15) is 0 Å². The Kier molecular flexibility index (Phi) is 10.8. The minimum atomic E-state index is -0.359. The van der Waals surface area contributed by atoms with Crippen molar-refractivity contribution in [3.8, 4) is 44.5 Å². The average Bonchev–Trinajstić information content (AvgIpc) is 3.58. The second-order valence-corrected chi connectivity index (χ2v) is 22.0. The van der Waals surface area contributed by atoms with Gasteiger partial charge in [0.2, 0.25) is 0 Å². The largest absolute Gasteiger partial charge is 0.309 e. The van der Waals surface area contributed by atoms with E-state index >= 15 is 0 Å². The fourth-order valence-corrected chi connectivity index (χ4v) is 10.5. The summed E-state index contributed by atoms with van der Waals surface area (Å²) in [5.74, 6) is 0. The Labute approximate surface area is 399 Å². The van der Waals surface area contributed by atoms with Gasteiger partial charge in [0.05, 0.1) is 11.4 Å². The first kappa shape index (κ1) is 43.9. The number of benzene rings is 9. The van der Waals surface area contributed by atoms with Crippen molar-refractivity contribution in [3.63, 3.8) is 0 Å². The summed E-state index contributed by atoms with van der Waals surface area (Å²) in [6.07, 6.45) is 0. The van der Waals surface area contributed by atoms with Gasteiger partial charge in [0.1, 0.15) is 0 Å². The monoisotopic (exact) mass is 869 g/mol. The van der Waals surface area contributed by atoms with E-state index in [1.165, 1.54) is 88.7 Å². The minimum absolute atomic E-state index is 0.0115. The molecule has 1 heteroatoms. The molecule has 9 aromatic rings. The molecule has 0 aromatic heterocycles. The van der Waals surface area contributed by atoms with Crippen molar-refractivity contribution in [1.82, 2.24) is 0 Å². The summed E-state index contributed by atoms with van der Waals surface area (Å²) < 4.78 is 0. The van der Waals surface area contributed by atoms with Gasteiger partial charge in [0.25, 0.3) is 0 Å². The minimum Gasteiger partial charge on any atom is -0.309 e. The first-order valence-electron chi connectivity index (χ1n) is 24.1. The molecule has 0 spiro atoms. The third kappa shape index (κ3) is 7.79. The molecule has 1 nitrogen and oxygen atoms in total. The van der Waals surface area contributed by atoms with Crippen molar-refractivity contribution in [2.75, 3.05) is 4.90 Å². The molecule has 0 aliphatic heterocycles. The second kappa shape index (κ2) is 16.4. The Morgan fingerprint density at radius 2 is 0.881 bits per heavy atom. The normalized spacial score (nSPS) is 14.8. The molecule has 0 saturated carbocycles. The van der Waals surface area contributed by atoms with Crippen molar-refractivity contribution in [1.29, 1.82) is 0 Å². The molecule has 1 aliphatic rings. The number of rotatable bonds is 7. The van der Waals surface area contributed by atoms with E-state index in [1.807, 2.05) is 0 Å². The number of hydrogen-bond acceptors (Lipinski definition) is 1. The zero-order valence-corrected chi connectivity index (χ0v) is 41.0. The van der Waals surface area contributed by atoms with Crippen LogP contribution < -0.4 is 4.90 Å². The highest BCUT2D eigenvalue weighted by atomic mass is 15.1. The van der Waals surface area contributed by atoms with Gasteiger partial charge in [-0.1, -0.05) is 238 Å². The van der Waals surface area contributed by atoms with Crippen LogP contribution in [0.4, 0.5) is 17.1 Å². The third-order valence-electron chi connectivity index (χ3n) is 14.4. The lowest BCUT2D eigenvalue weighted by Gasteiger charge is -2.33. The topological polar surface area (TPSA) is 3.24 Å². The molecule has 1 atom stereocenters. The van der Waals surface area contributed by atoms with Crippen molar-refractivity contribution in [3.05, 3.63) is 234 Å².